The van der Waals surface area contributed by atoms with E-state index in [1.807, 2.05) is 99.6 Å². The molecular formula is C50H63N5O8S. The molecule has 0 aliphatic carbocycles. The Morgan fingerprint density at radius 1 is 0.891 bits per heavy atom. The summed E-state index contributed by atoms with van der Waals surface area (Å²) < 4.78 is 47.6. The van der Waals surface area contributed by atoms with Crippen LogP contribution in [0.5, 0.6) is 5.75 Å². The fourth-order valence-electron chi connectivity index (χ4n) is 8.01. The van der Waals surface area contributed by atoms with Crippen molar-refractivity contribution in [2.45, 2.75) is 122 Å². The highest BCUT2D eigenvalue weighted by atomic mass is 32.2. The summed E-state index contributed by atoms with van der Waals surface area (Å²) in [6.07, 6.45) is 4.13. The Kier molecular flexibility index (Phi) is 17.2. The van der Waals surface area contributed by atoms with E-state index in [1.54, 1.807) is 13.8 Å². The van der Waals surface area contributed by atoms with Crippen molar-refractivity contribution >= 4 is 34.0 Å². The SMILES string of the molecule is C=CC[C@H](NC(=O)[C@@H](CCCNC(=N)NS(=O)(=O)c1c(C)c(C)c2c(c1C)CCC(C)(C)O2)NC(=O)OCC(c1ccccc1)c1ccccc1CCC)C(=O)OCc1ccccc1. The Balaban J connectivity index is 1.28. The summed E-state index contributed by atoms with van der Waals surface area (Å²) in [6, 6.07) is 24.7. The van der Waals surface area contributed by atoms with Crippen LogP contribution in [0.2, 0.25) is 0 Å². The number of rotatable bonds is 20. The molecule has 1 aliphatic rings. The van der Waals surface area contributed by atoms with Crippen molar-refractivity contribution in [1.82, 2.24) is 20.7 Å². The van der Waals surface area contributed by atoms with Crippen LogP contribution in [0.3, 0.4) is 0 Å². The lowest BCUT2D eigenvalue weighted by Gasteiger charge is -2.35. The average Bonchev–Trinajstić information content (AvgIpc) is 3.26. The molecule has 0 saturated carbocycles. The van der Waals surface area contributed by atoms with Crippen molar-refractivity contribution in [3.63, 3.8) is 0 Å². The van der Waals surface area contributed by atoms with Crippen LogP contribution in [-0.2, 0) is 48.5 Å². The molecule has 0 bridgehead atoms. The number of hydrogen-bond donors (Lipinski definition) is 5. The lowest BCUT2D eigenvalue weighted by atomic mass is 9.87. The predicted octanol–water partition coefficient (Wildman–Crippen LogP) is 7.98. The second-order valence-corrected chi connectivity index (χ2v) is 18.4. The summed E-state index contributed by atoms with van der Waals surface area (Å²) in [4.78, 5) is 40.9. The molecule has 0 saturated heterocycles. The summed E-state index contributed by atoms with van der Waals surface area (Å²) in [6.45, 7) is 15.3. The number of esters is 1. The molecule has 0 spiro atoms. The van der Waals surface area contributed by atoms with Gasteiger partial charge in [0, 0.05) is 12.5 Å². The number of alkyl carbamates (subject to hydrolysis) is 1. The van der Waals surface area contributed by atoms with Gasteiger partial charge in [0.1, 0.15) is 36.6 Å². The van der Waals surface area contributed by atoms with E-state index in [-0.39, 0.29) is 55.4 Å². The zero-order chi connectivity index (χ0) is 46.4. The number of aryl methyl sites for hydroxylation is 1. The van der Waals surface area contributed by atoms with E-state index >= 15 is 0 Å². The lowest BCUT2D eigenvalue weighted by Crippen LogP contribution is -2.52. The first-order valence-electron chi connectivity index (χ1n) is 21.9. The minimum absolute atomic E-state index is 0.000511. The topological polar surface area (TPSA) is 185 Å². The molecule has 1 unspecified atom stereocenters. The zero-order valence-corrected chi connectivity index (χ0v) is 38.7. The van der Waals surface area contributed by atoms with Crippen LogP contribution in [-0.4, -0.2) is 63.2 Å². The van der Waals surface area contributed by atoms with Crippen molar-refractivity contribution in [3.05, 3.63) is 142 Å². The fourth-order valence-corrected chi connectivity index (χ4v) is 9.53. The van der Waals surface area contributed by atoms with Crippen LogP contribution in [0.4, 0.5) is 4.79 Å². The van der Waals surface area contributed by atoms with Crippen molar-refractivity contribution in [3.8, 4) is 5.75 Å². The molecule has 0 radical (unpaired) electrons. The number of guanidine groups is 1. The van der Waals surface area contributed by atoms with Gasteiger partial charge in [-0.15, -0.1) is 6.58 Å². The first-order valence-corrected chi connectivity index (χ1v) is 23.4. The lowest BCUT2D eigenvalue weighted by molar-refractivity contribution is -0.149. The molecule has 3 atom stereocenters. The van der Waals surface area contributed by atoms with Gasteiger partial charge in [-0.05, 0) is 118 Å². The largest absolute Gasteiger partial charge is 0.487 e. The van der Waals surface area contributed by atoms with Crippen molar-refractivity contribution in [2.24, 2.45) is 0 Å². The molecule has 4 aromatic carbocycles. The van der Waals surface area contributed by atoms with E-state index < -0.39 is 46.0 Å². The fraction of sp³-hybridized carbons (Fsp3) is 0.400. The van der Waals surface area contributed by atoms with Gasteiger partial charge in [0.25, 0.3) is 10.0 Å². The van der Waals surface area contributed by atoms with Gasteiger partial charge in [-0.25, -0.2) is 22.7 Å². The Hall–Kier alpha value is -6.15. The highest BCUT2D eigenvalue weighted by Crippen LogP contribution is 2.42. The monoisotopic (exact) mass is 893 g/mol. The maximum Gasteiger partial charge on any atom is 0.407 e. The average molecular weight is 894 g/mol. The van der Waals surface area contributed by atoms with Crippen LogP contribution in [0.15, 0.2) is 102 Å². The number of nitrogens with one attached hydrogen (secondary N) is 5. The van der Waals surface area contributed by atoms with E-state index in [9.17, 15) is 22.8 Å². The number of carbonyl (C=O) groups excluding carboxylic acids is 3. The Labute approximate surface area is 378 Å². The smallest absolute Gasteiger partial charge is 0.407 e. The van der Waals surface area contributed by atoms with Gasteiger partial charge in [-0.3, -0.25) is 10.2 Å². The number of hydrogen-bond acceptors (Lipinski definition) is 9. The van der Waals surface area contributed by atoms with Crippen molar-refractivity contribution < 1.29 is 37.0 Å². The summed E-state index contributed by atoms with van der Waals surface area (Å²) in [7, 11) is -4.18. The Morgan fingerprint density at radius 2 is 1.56 bits per heavy atom. The quantitative estimate of drug-likeness (QED) is 0.0193. The van der Waals surface area contributed by atoms with E-state index in [4.69, 9.17) is 19.6 Å². The number of amides is 2. The summed E-state index contributed by atoms with van der Waals surface area (Å²) in [5.41, 5.74) is 6.25. The molecule has 0 fully saturated rings. The van der Waals surface area contributed by atoms with E-state index in [0.29, 0.717) is 23.3 Å². The van der Waals surface area contributed by atoms with E-state index in [0.717, 1.165) is 52.6 Å². The van der Waals surface area contributed by atoms with Gasteiger partial charge < -0.3 is 30.2 Å². The second kappa shape index (κ2) is 22.5. The molecule has 342 valence electrons. The van der Waals surface area contributed by atoms with Crippen molar-refractivity contribution in [2.75, 3.05) is 13.2 Å². The minimum Gasteiger partial charge on any atom is -0.487 e. The first-order chi connectivity index (χ1) is 30.5. The third-order valence-corrected chi connectivity index (χ3v) is 13.1. The predicted molar refractivity (Wildman–Crippen MR) is 249 cm³/mol. The normalized spacial score (nSPS) is 14.3. The summed E-state index contributed by atoms with van der Waals surface area (Å²) in [5, 5.41) is 16.7. The maximum absolute atomic E-state index is 14.0. The van der Waals surface area contributed by atoms with Crippen LogP contribution in [0.1, 0.15) is 103 Å². The number of sulfonamides is 1. The van der Waals surface area contributed by atoms with Crippen LogP contribution in [0.25, 0.3) is 0 Å². The molecular weight excluding hydrogens is 831 g/mol. The Bertz CT molecular complexity index is 2390. The number of fused-ring (bicyclic) bond motifs is 1. The van der Waals surface area contributed by atoms with Gasteiger partial charge in [-0.1, -0.05) is 104 Å². The van der Waals surface area contributed by atoms with Gasteiger partial charge in [0.05, 0.1) is 4.90 Å². The van der Waals surface area contributed by atoms with Crippen LogP contribution >= 0.6 is 0 Å². The van der Waals surface area contributed by atoms with Gasteiger partial charge >= 0.3 is 12.1 Å². The van der Waals surface area contributed by atoms with Crippen LogP contribution in [0, 0.1) is 26.2 Å². The highest BCUT2D eigenvalue weighted by Gasteiger charge is 2.34. The van der Waals surface area contributed by atoms with Crippen LogP contribution < -0.4 is 25.4 Å². The zero-order valence-electron chi connectivity index (χ0n) is 37.8. The Morgan fingerprint density at radius 3 is 2.25 bits per heavy atom. The third-order valence-electron chi connectivity index (χ3n) is 11.5. The molecule has 1 aliphatic heterocycles. The molecule has 5 N–H and O–H groups in total. The molecule has 1 heterocycles. The van der Waals surface area contributed by atoms with Gasteiger partial charge in [0.2, 0.25) is 11.9 Å². The van der Waals surface area contributed by atoms with Gasteiger partial charge in [0.15, 0.2) is 0 Å². The first kappa shape index (κ1) is 48.9. The molecule has 2 amide bonds. The van der Waals surface area contributed by atoms with Crippen molar-refractivity contribution in [1.29, 1.82) is 5.41 Å². The molecule has 5 rings (SSSR count). The standard InChI is InChI=1S/C50H63N5O8S/c1-8-19-37-25-16-17-26-40(37)41(38-23-14-11-15-24-38)32-62-49(58)54-42(46(56)53-43(20-9-2)47(57)61-31-36-21-12-10-13-22-36)27-18-30-52-48(51)55-64(59,60)45-34(4)33(3)44-39(35(45)5)28-29-50(6,7)63-44/h9-17,21-26,41-43H,2,8,18-20,27-32H2,1,3-7H3,(H,53,56)(H,54,58)(H3,51,52,55)/t41?,42-,43+/m1/s1. The molecule has 13 nitrogen and oxygen atoms in total. The third kappa shape index (κ3) is 13.0. The van der Waals surface area contributed by atoms with Gasteiger partial charge in [-0.2, -0.15) is 0 Å². The molecule has 64 heavy (non-hydrogen) atoms. The number of carbonyl (C=O) groups is 3. The molecule has 4 aromatic rings. The maximum atomic E-state index is 14.0. The molecule has 14 heteroatoms. The summed E-state index contributed by atoms with van der Waals surface area (Å²) in [5.74, 6) is -1.36. The molecule has 0 aromatic heterocycles. The number of benzene rings is 4. The van der Waals surface area contributed by atoms with E-state index in [1.165, 1.54) is 6.08 Å². The number of ether oxygens (including phenoxy) is 3. The summed E-state index contributed by atoms with van der Waals surface area (Å²) >= 11 is 0. The minimum atomic E-state index is -4.18. The second-order valence-electron chi connectivity index (χ2n) is 16.8. The highest BCUT2D eigenvalue weighted by molar-refractivity contribution is 7.90. The van der Waals surface area contributed by atoms with E-state index in [2.05, 4.69) is 40.2 Å².